The SMILES string of the molecule is O=C(/C=C/c1ccccc1F)NCc1cccc(NC(=O)c2cccnc2)c1. The molecule has 3 rings (SSSR count). The maximum absolute atomic E-state index is 13.5. The minimum absolute atomic E-state index is 0.262. The zero-order valence-corrected chi connectivity index (χ0v) is 14.9. The molecule has 0 bridgehead atoms. The molecule has 0 radical (unpaired) electrons. The van der Waals surface area contributed by atoms with Crippen LogP contribution in [0.25, 0.3) is 6.08 Å². The third-order valence-corrected chi connectivity index (χ3v) is 3.89. The standard InChI is InChI=1S/C22H18FN3O2/c23-20-9-2-1-6-17(20)10-11-21(27)25-14-16-5-3-8-19(13-16)26-22(28)18-7-4-12-24-15-18/h1-13,15H,14H2,(H,25,27)(H,26,28)/b11-10+. The number of hydrogen-bond donors (Lipinski definition) is 2. The van der Waals surface area contributed by atoms with Gasteiger partial charge in [-0.3, -0.25) is 14.6 Å². The zero-order valence-electron chi connectivity index (χ0n) is 14.9. The summed E-state index contributed by atoms with van der Waals surface area (Å²) in [6, 6.07) is 16.7. The van der Waals surface area contributed by atoms with Crippen molar-refractivity contribution in [2.24, 2.45) is 0 Å². The van der Waals surface area contributed by atoms with Crippen molar-refractivity contribution >= 4 is 23.6 Å². The van der Waals surface area contributed by atoms with Gasteiger partial charge in [0, 0.05) is 36.3 Å². The number of benzene rings is 2. The van der Waals surface area contributed by atoms with Gasteiger partial charge in [-0.15, -0.1) is 0 Å². The summed E-state index contributed by atoms with van der Waals surface area (Å²) in [4.78, 5) is 28.1. The number of halogens is 1. The molecule has 0 unspecified atom stereocenters. The monoisotopic (exact) mass is 375 g/mol. The van der Waals surface area contributed by atoms with Gasteiger partial charge in [0.25, 0.3) is 5.91 Å². The molecule has 2 aromatic carbocycles. The largest absolute Gasteiger partial charge is 0.348 e. The minimum Gasteiger partial charge on any atom is -0.348 e. The van der Waals surface area contributed by atoms with Crippen LogP contribution in [0.5, 0.6) is 0 Å². The van der Waals surface area contributed by atoms with Crippen molar-refractivity contribution in [1.29, 1.82) is 0 Å². The van der Waals surface area contributed by atoms with Gasteiger partial charge in [-0.2, -0.15) is 0 Å². The molecule has 0 saturated heterocycles. The van der Waals surface area contributed by atoms with Gasteiger partial charge in [-0.05, 0) is 42.0 Å². The number of carbonyl (C=O) groups excluding carboxylic acids is 2. The maximum atomic E-state index is 13.5. The van der Waals surface area contributed by atoms with Crippen molar-refractivity contribution in [3.63, 3.8) is 0 Å². The van der Waals surface area contributed by atoms with Crippen molar-refractivity contribution < 1.29 is 14.0 Å². The van der Waals surface area contributed by atoms with Crippen LogP contribution in [0.15, 0.2) is 79.1 Å². The van der Waals surface area contributed by atoms with Crippen molar-refractivity contribution in [3.8, 4) is 0 Å². The highest BCUT2D eigenvalue weighted by molar-refractivity contribution is 6.04. The summed E-state index contributed by atoms with van der Waals surface area (Å²) in [6.07, 6.45) is 5.80. The summed E-state index contributed by atoms with van der Waals surface area (Å²) >= 11 is 0. The molecule has 0 aliphatic carbocycles. The van der Waals surface area contributed by atoms with E-state index >= 15 is 0 Å². The van der Waals surface area contributed by atoms with Crippen LogP contribution in [0.1, 0.15) is 21.5 Å². The molecule has 28 heavy (non-hydrogen) atoms. The van der Waals surface area contributed by atoms with Gasteiger partial charge in [0.15, 0.2) is 0 Å². The van der Waals surface area contributed by atoms with Gasteiger partial charge in [0.2, 0.25) is 5.91 Å². The van der Waals surface area contributed by atoms with Crippen LogP contribution >= 0.6 is 0 Å². The highest BCUT2D eigenvalue weighted by atomic mass is 19.1. The number of nitrogens with zero attached hydrogens (tertiary/aromatic N) is 1. The van der Waals surface area contributed by atoms with Crippen LogP contribution < -0.4 is 10.6 Å². The lowest BCUT2D eigenvalue weighted by molar-refractivity contribution is -0.116. The van der Waals surface area contributed by atoms with E-state index in [4.69, 9.17) is 0 Å². The highest BCUT2D eigenvalue weighted by Gasteiger charge is 2.06. The van der Waals surface area contributed by atoms with Crippen LogP contribution in [0.3, 0.4) is 0 Å². The van der Waals surface area contributed by atoms with Crippen molar-refractivity contribution in [2.45, 2.75) is 6.54 Å². The van der Waals surface area contributed by atoms with E-state index in [9.17, 15) is 14.0 Å². The number of pyridine rings is 1. The molecule has 0 atom stereocenters. The molecule has 140 valence electrons. The van der Waals surface area contributed by atoms with Crippen molar-refractivity contribution in [2.75, 3.05) is 5.32 Å². The first kappa shape index (κ1) is 19.0. The molecule has 2 amide bonds. The normalized spacial score (nSPS) is 10.6. The Morgan fingerprint density at radius 2 is 1.89 bits per heavy atom. The van der Waals surface area contributed by atoms with E-state index in [0.29, 0.717) is 16.8 Å². The third kappa shape index (κ3) is 5.35. The molecule has 1 aromatic heterocycles. The summed E-state index contributed by atoms with van der Waals surface area (Å²) in [7, 11) is 0. The fraction of sp³-hybridized carbons (Fsp3) is 0.0455. The summed E-state index contributed by atoms with van der Waals surface area (Å²) in [5, 5.41) is 5.52. The van der Waals surface area contributed by atoms with E-state index in [-0.39, 0.29) is 24.2 Å². The second-order valence-corrected chi connectivity index (χ2v) is 5.97. The molecule has 0 spiro atoms. The average molecular weight is 375 g/mol. The molecule has 5 nitrogen and oxygen atoms in total. The molecule has 0 aliphatic heterocycles. The minimum atomic E-state index is -0.386. The van der Waals surface area contributed by atoms with Gasteiger partial charge < -0.3 is 10.6 Å². The quantitative estimate of drug-likeness (QED) is 0.644. The second-order valence-electron chi connectivity index (χ2n) is 5.97. The first-order valence-corrected chi connectivity index (χ1v) is 8.62. The summed E-state index contributed by atoms with van der Waals surface area (Å²) < 4.78 is 13.5. The molecule has 6 heteroatoms. The average Bonchev–Trinajstić information content (AvgIpc) is 2.72. The maximum Gasteiger partial charge on any atom is 0.257 e. The molecule has 0 aliphatic rings. The molecule has 1 heterocycles. The van der Waals surface area contributed by atoms with Crippen LogP contribution in [0.2, 0.25) is 0 Å². The van der Waals surface area contributed by atoms with Gasteiger partial charge >= 0.3 is 0 Å². The molecule has 0 saturated carbocycles. The second kappa shape index (κ2) is 9.23. The summed E-state index contributed by atoms with van der Waals surface area (Å²) in [5.74, 6) is -0.987. The highest BCUT2D eigenvalue weighted by Crippen LogP contribution is 2.12. The Balaban J connectivity index is 1.56. The van der Waals surface area contributed by atoms with Gasteiger partial charge in [0.1, 0.15) is 5.82 Å². The number of aromatic nitrogens is 1. The first-order chi connectivity index (χ1) is 13.6. The molecular weight excluding hydrogens is 357 g/mol. The van der Waals surface area contributed by atoms with E-state index in [2.05, 4.69) is 15.6 Å². The Kier molecular flexibility index (Phi) is 6.25. The summed E-state index contributed by atoms with van der Waals surface area (Å²) in [6.45, 7) is 0.275. The Bertz CT molecular complexity index is 1000. The first-order valence-electron chi connectivity index (χ1n) is 8.62. The smallest absolute Gasteiger partial charge is 0.257 e. The van der Waals surface area contributed by atoms with E-state index in [1.807, 2.05) is 6.07 Å². The lowest BCUT2D eigenvalue weighted by atomic mass is 10.2. The molecule has 3 aromatic rings. The van der Waals surface area contributed by atoms with E-state index < -0.39 is 0 Å². The number of rotatable bonds is 6. The number of carbonyl (C=O) groups is 2. The van der Waals surface area contributed by atoms with Gasteiger partial charge in [-0.25, -0.2) is 4.39 Å². The molecule has 0 fully saturated rings. The van der Waals surface area contributed by atoms with Crippen LogP contribution in [0.4, 0.5) is 10.1 Å². The van der Waals surface area contributed by atoms with E-state index in [1.165, 1.54) is 24.4 Å². The number of amides is 2. The fourth-order valence-corrected chi connectivity index (χ4v) is 2.48. The summed E-state index contributed by atoms with van der Waals surface area (Å²) in [5.41, 5.74) is 2.23. The Morgan fingerprint density at radius 3 is 2.68 bits per heavy atom. The topological polar surface area (TPSA) is 71.1 Å². The van der Waals surface area contributed by atoms with Crippen LogP contribution in [-0.2, 0) is 11.3 Å². The lowest BCUT2D eigenvalue weighted by Gasteiger charge is -2.08. The third-order valence-electron chi connectivity index (χ3n) is 3.89. The zero-order chi connectivity index (χ0) is 19.8. The predicted molar refractivity (Wildman–Crippen MR) is 106 cm³/mol. The predicted octanol–water partition coefficient (Wildman–Crippen LogP) is 3.80. The van der Waals surface area contributed by atoms with Crippen molar-refractivity contribution in [1.82, 2.24) is 10.3 Å². The fourth-order valence-electron chi connectivity index (χ4n) is 2.48. The van der Waals surface area contributed by atoms with E-state index in [0.717, 1.165) is 5.56 Å². The van der Waals surface area contributed by atoms with E-state index in [1.54, 1.807) is 54.7 Å². The Morgan fingerprint density at radius 1 is 1.04 bits per heavy atom. The Labute approximate surface area is 161 Å². The van der Waals surface area contributed by atoms with Crippen LogP contribution in [0, 0.1) is 5.82 Å². The van der Waals surface area contributed by atoms with Crippen molar-refractivity contribution in [3.05, 3.63) is 102 Å². The van der Waals surface area contributed by atoms with Gasteiger partial charge in [0.05, 0.1) is 5.56 Å². The molecule has 2 N–H and O–H groups in total. The molecular formula is C22H18FN3O2. The lowest BCUT2D eigenvalue weighted by Crippen LogP contribution is -2.20. The number of nitrogens with one attached hydrogen (secondary N) is 2. The number of anilines is 1. The van der Waals surface area contributed by atoms with Gasteiger partial charge in [-0.1, -0.05) is 30.3 Å². The number of hydrogen-bond acceptors (Lipinski definition) is 3. The van der Waals surface area contributed by atoms with Crippen LogP contribution in [-0.4, -0.2) is 16.8 Å². The Hall–Kier alpha value is -3.80.